The highest BCUT2D eigenvalue weighted by molar-refractivity contribution is 9.10. The van der Waals surface area contributed by atoms with Gasteiger partial charge in [-0.2, -0.15) is 5.26 Å². The van der Waals surface area contributed by atoms with E-state index in [1.54, 1.807) is 18.2 Å². The lowest BCUT2D eigenvalue weighted by Gasteiger charge is -2.01. The number of nitro groups is 2. The number of benzene rings is 2. The molecule has 0 aliphatic rings. The highest BCUT2D eigenvalue weighted by Crippen LogP contribution is 2.33. The van der Waals surface area contributed by atoms with Crippen molar-refractivity contribution in [2.24, 2.45) is 0 Å². The number of hydrogen-bond donors (Lipinski definition) is 0. The quantitative estimate of drug-likeness (QED) is 0.290. The second-order valence-corrected chi connectivity index (χ2v) is 6.45. The first-order chi connectivity index (χ1) is 13.4. The molecule has 0 saturated heterocycles. The van der Waals surface area contributed by atoms with E-state index in [4.69, 9.17) is 4.42 Å². The predicted molar refractivity (Wildman–Crippen MR) is 105 cm³/mol. The van der Waals surface area contributed by atoms with Gasteiger partial charge in [0.15, 0.2) is 0 Å². The van der Waals surface area contributed by atoms with Crippen LogP contribution < -0.4 is 0 Å². The first-order valence-electron chi connectivity index (χ1n) is 7.80. The molecule has 0 aliphatic carbocycles. The van der Waals surface area contributed by atoms with Crippen molar-refractivity contribution in [1.29, 1.82) is 5.26 Å². The average molecular weight is 440 g/mol. The third kappa shape index (κ3) is 3.97. The summed E-state index contributed by atoms with van der Waals surface area (Å²) in [5.74, 6) is 0.865. The second kappa shape index (κ2) is 7.85. The summed E-state index contributed by atoms with van der Waals surface area (Å²) in [7, 11) is 0. The minimum atomic E-state index is -0.513. The van der Waals surface area contributed by atoms with Gasteiger partial charge in [-0.3, -0.25) is 20.2 Å². The van der Waals surface area contributed by atoms with Crippen molar-refractivity contribution >= 4 is 39.0 Å². The van der Waals surface area contributed by atoms with E-state index in [0.29, 0.717) is 27.1 Å². The Kier molecular flexibility index (Phi) is 5.33. The Balaban J connectivity index is 1.91. The van der Waals surface area contributed by atoms with Gasteiger partial charge in [-0.1, -0.05) is 0 Å². The van der Waals surface area contributed by atoms with Crippen LogP contribution in [-0.4, -0.2) is 9.85 Å². The maximum atomic E-state index is 10.8. The van der Waals surface area contributed by atoms with E-state index in [1.165, 1.54) is 42.5 Å². The molecule has 28 heavy (non-hydrogen) atoms. The fraction of sp³-hybridized carbons (Fsp3) is 0. The van der Waals surface area contributed by atoms with Crippen molar-refractivity contribution in [1.82, 2.24) is 0 Å². The van der Waals surface area contributed by atoms with Gasteiger partial charge in [0.1, 0.15) is 11.5 Å². The highest BCUT2D eigenvalue weighted by Gasteiger charge is 2.13. The fourth-order valence-corrected chi connectivity index (χ4v) is 3.04. The molecular formula is C19H10BrN3O5. The molecule has 0 amide bonds. The number of allylic oxidation sites excluding steroid dienone is 1. The smallest absolute Gasteiger partial charge is 0.270 e. The molecule has 138 valence electrons. The normalized spacial score (nSPS) is 11.1. The zero-order valence-corrected chi connectivity index (χ0v) is 15.6. The summed E-state index contributed by atoms with van der Waals surface area (Å²) in [4.78, 5) is 20.6. The number of rotatable bonds is 5. The molecule has 9 heteroatoms. The Morgan fingerprint density at radius 2 is 1.64 bits per heavy atom. The maximum Gasteiger partial charge on any atom is 0.270 e. The van der Waals surface area contributed by atoms with Crippen molar-refractivity contribution in [2.75, 3.05) is 0 Å². The molecule has 0 radical (unpaired) electrons. The fourth-order valence-electron chi connectivity index (χ4n) is 2.48. The molecule has 0 bridgehead atoms. The summed E-state index contributed by atoms with van der Waals surface area (Å²) in [6, 6.07) is 15.3. The Morgan fingerprint density at radius 1 is 1.00 bits per heavy atom. The van der Waals surface area contributed by atoms with Crippen LogP contribution in [0.2, 0.25) is 0 Å². The third-order valence-corrected chi connectivity index (χ3v) is 4.51. The van der Waals surface area contributed by atoms with E-state index in [9.17, 15) is 25.5 Å². The standard InChI is InChI=1S/C19H10BrN3O5/c20-18-10-15(23(26)27)5-7-17(18)19-8-6-16(28-19)9-13(11-21)12-1-3-14(4-2-12)22(24)25/h1-10H/b13-9+. The molecule has 0 saturated carbocycles. The predicted octanol–water partition coefficient (Wildman–Crippen LogP) is 5.59. The van der Waals surface area contributed by atoms with E-state index in [0.717, 1.165) is 0 Å². The monoisotopic (exact) mass is 439 g/mol. The molecule has 0 unspecified atom stereocenters. The Morgan fingerprint density at radius 3 is 2.21 bits per heavy atom. The van der Waals surface area contributed by atoms with Crippen LogP contribution in [0.25, 0.3) is 23.0 Å². The van der Waals surface area contributed by atoms with Crippen LogP contribution in [0.3, 0.4) is 0 Å². The van der Waals surface area contributed by atoms with Gasteiger partial charge in [0.05, 0.1) is 21.5 Å². The van der Waals surface area contributed by atoms with Gasteiger partial charge in [0.2, 0.25) is 0 Å². The zero-order valence-electron chi connectivity index (χ0n) is 14.0. The highest BCUT2D eigenvalue weighted by atomic mass is 79.9. The first-order valence-corrected chi connectivity index (χ1v) is 8.59. The van der Waals surface area contributed by atoms with Gasteiger partial charge in [-0.05, 0) is 57.9 Å². The van der Waals surface area contributed by atoms with Gasteiger partial charge in [-0.15, -0.1) is 0 Å². The SMILES string of the molecule is N#C/C(=C\c1ccc(-c2ccc([N+](=O)[O-])cc2Br)o1)c1ccc([N+](=O)[O-])cc1. The van der Waals surface area contributed by atoms with E-state index in [2.05, 4.69) is 15.9 Å². The Hall–Kier alpha value is -3.77. The summed E-state index contributed by atoms with van der Waals surface area (Å²) in [6.45, 7) is 0. The molecule has 0 N–H and O–H groups in total. The number of nitrogens with zero attached hydrogens (tertiary/aromatic N) is 3. The van der Waals surface area contributed by atoms with Crippen LogP contribution in [0.5, 0.6) is 0 Å². The first kappa shape index (κ1) is 19.0. The van der Waals surface area contributed by atoms with Crippen molar-refractivity contribution in [3.8, 4) is 17.4 Å². The largest absolute Gasteiger partial charge is 0.457 e. The summed E-state index contributed by atoms with van der Waals surface area (Å²) < 4.78 is 6.23. The van der Waals surface area contributed by atoms with Gasteiger partial charge >= 0.3 is 0 Å². The number of nitriles is 1. The molecule has 0 fully saturated rings. The van der Waals surface area contributed by atoms with Crippen LogP contribution in [0, 0.1) is 31.6 Å². The third-order valence-electron chi connectivity index (χ3n) is 3.85. The Bertz CT molecular complexity index is 1140. The number of nitro benzene ring substituents is 2. The molecule has 1 heterocycles. The van der Waals surface area contributed by atoms with E-state index in [-0.39, 0.29) is 16.9 Å². The van der Waals surface area contributed by atoms with Crippen molar-refractivity contribution in [3.05, 3.63) is 90.6 Å². The second-order valence-electron chi connectivity index (χ2n) is 5.60. The van der Waals surface area contributed by atoms with Crippen LogP contribution >= 0.6 is 15.9 Å². The van der Waals surface area contributed by atoms with E-state index >= 15 is 0 Å². The van der Waals surface area contributed by atoms with Crippen LogP contribution in [0.1, 0.15) is 11.3 Å². The van der Waals surface area contributed by atoms with E-state index < -0.39 is 9.85 Å². The molecule has 0 aliphatic heterocycles. The lowest BCUT2D eigenvalue weighted by molar-refractivity contribution is -0.385. The van der Waals surface area contributed by atoms with Crippen LogP contribution in [-0.2, 0) is 0 Å². The molecule has 0 spiro atoms. The summed E-state index contributed by atoms with van der Waals surface area (Å²) in [5.41, 5.74) is 1.30. The van der Waals surface area contributed by atoms with Crippen LogP contribution in [0.15, 0.2) is 63.5 Å². The summed E-state index contributed by atoms with van der Waals surface area (Å²) >= 11 is 3.29. The number of furan rings is 1. The van der Waals surface area contributed by atoms with Crippen molar-refractivity contribution in [3.63, 3.8) is 0 Å². The minimum absolute atomic E-state index is 0.0489. The van der Waals surface area contributed by atoms with Gasteiger partial charge in [-0.25, -0.2) is 0 Å². The topological polar surface area (TPSA) is 123 Å². The molecule has 3 rings (SSSR count). The van der Waals surface area contributed by atoms with E-state index in [1.807, 2.05) is 6.07 Å². The van der Waals surface area contributed by atoms with Crippen molar-refractivity contribution in [2.45, 2.75) is 0 Å². The lowest BCUT2D eigenvalue weighted by Crippen LogP contribution is -1.88. The minimum Gasteiger partial charge on any atom is -0.457 e. The number of halogens is 1. The summed E-state index contributed by atoms with van der Waals surface area (Å²) in [6.07, 6.45) is 1.52. The average Bonchev–Trinajstić information content (AvgIpc) is 3.14. The summed E-state index contributed by atoms with van der Waals surface area (Å²) in [5, 5.41) is 31.0. The lowest BCUT2D eigenvalue weighted by atomic mass is 10.1. The molecular weight excluding hydrogens is 430 g/mol. The zero-order chi connectivity index (χ0) is 20.3. The van der Waals surface area contributed by atoms with Gasteiger partial charge in [0.25, 0.3) is 11.4 Å². The van der Waals surface area contributed by atoms with Crippen LogP contribution in [0.4, 0.5) is 11.4 Å². The Labute approximate surface area is 166 Å². The van der Waals surface area contributed by atoms with Crippen molar-refractivity contribution < 1.29 is 14.3 Å². The molecule has 1 aromatic heterocycles. The van der Waals surface area contributed by atoms with Gasteiger partial charge in [0, 0.05) is 34.3 Å². The molecule has 0 atom stereocenters. The maximum absolute atomic E-state index is 10.8. The molecule has 8 nitrogen and oxygen atoms in total. The van der Waals surface area contributed by atoms with Gasteiger partial charge < -0.3 is 4.42 Å². The number of hydrogen-bond acceptors (Lipinski definition) is 6. The molecule has 2 aromatic carbocycles. The molecule has 3 aromatic rings. The number of non-ortho nitro benzene ring substituents is 2.